The molecule has 1 saturated carbocycles. The van der Waals surface area contributed by atoms with E-state index in [1.165, 1.54) is 0 Å². The van der Waals surface area contributed by atoms with Crippen molar-refractivity contribution in [2.45, 2.75) is 43.2 Å². The molecule has 0 heterocycles. The van der Waals surface area contributed by atoms with Crippen LogP contribution in [0.2, 0.25) is 0 Å². The summed E-state index contributed by atoms with van der Waals surface area (Å²) >= 11 is 6.14. The Balaban J connectivity index is 1.88. The van der Waals surface area contributed by atoms with E-state index in [1.54, 1.807) is 0 Å². The van der Waals surface area contributed by atoms with Gasteiger partial charge in [-0.3, -0.25) is 4.79 Å². The van der Waals surface area contributed by atoms with Crippen LogP contribution in [-0.4, -0.2) is 23.2 Å². The molecule has 0 aromatic heterocycles. The first-order chi connectivity index (χ1) is 8.66. The lowest BCUT2D eigenvalue weighted by Crippen LogP contribution is -2.40. The minimum absolute atomic E-state index is 0.144. The van der Waals surface area contributed by atoms with Crippen LogP contribution in [-0.2, 0) is 4.79 Å². The Bertz CT molecular complexity index is 388. The van der Waals surface area contributed by atoms with Gasteiger partial charge in [-0.25, -0.2) is 0 Å². The highest BCUT2D eigenvalue weighted by molar-refractivity contribution is 6.30. The van der Waals surface area contributed by atoms with Gasteiger partial charge in [0.2, 0.25) is 5.91 Å². The van der Waals surface area contributed by atoms with Crippen LogP contribution in [0.3, 0.4) is 0 Å². The highest BCUT2D eigenvalue weighted by Crippen LogP contribution is 2.23. The van der Waals surface area contributed by atoms with E-state index >= 15 is 0 Å². The van der Waals surface area contributed by atoms with Crippen molar-refractivity contribution in [3.8, 4) is 0 Å². The van der Waals surface area contributed by atoms with Gasteiger partial charge in [0.25, 0.3) is 0 Å². The fraction of sp³-hybridized carbons (Fsp3) is 0.500. The van der Waals surface area contributed by atoms with Crippen LogP contribution in [0.1, 0.15) is 36.6 Å². The highest BCUT2D eigenvalue weighted by Gasteiger charge is 2.24. The molecule has 18 heavy (non-hydrogen) atoms. The van der Waals surface area contributed by atoms with E-state index in [1.807, 2.05) is 30.3 Å². The van der Waals surface area contributed by atoms with Crippen LogP contribution in [0.25, 0.3) is 0 Å². The van der Waals surface area contributed by atoms with Crippen molar-refractivity contribution in [2.75, 3.05) is 0 Å². The summed E-state index contributed by atoms with van der Waals surface area (Å²) in [6.07, 6.45) is 2.95. The molecule has 1 aliphatic carbocycles. The van der Waals surface area contributed by atoms with Crippen molar-refractivity contribution in [2.24, 2.45) is 0 Å². The van der Waals surface area contributed by atoms with Gasteiger partial charge < -0.3 is 10.4 Å². The van der Waals surface area contributed by atoms with Crippen molar-refractivity contribution < 1.29 is 9.90 Å². The number of amides is 1. The summed E-state index contributed by atoms with van der Waals surface area (Å²) in [6, 6.07) is 9.48. The lowest BCUT2D eigenvalue weighted by atomic mass is 9.93. The second-order valence-corrected chi connectivity index (χ2v) is 5.22. The number of alkyl halides is 1. The molecule has 1 unspecified atom stereocenters. The van der Waals surface area contributed by atoms with Gasteiger partial charge in [-0.2, -0.15) is 0 Å². The smallest absolute Gasteiger partial charge is 0.242 e. The third kappa shape index (κ3) is 3.47. The number of rotatable bonds is 3. The standard InChI is InChI=1S/C14H18ClNO2/c15-13(10-4-2-1-3-5-10)14(18)16-11-6-8-12(17)9-7-11/h1-5,11-13,17H,6-9H2,(H,16,18). The maximum Gasteiger partial charge on any atom is 0.242 e. The molecule has 1 amide bonds. The summed E-state index contributed by atoms with van der Waals surface area (Å²) < 4.78 is 0. The molecule has 0 aliphatic heterocycles. The van der Waals surface area contributed by atoms with Gasteiger partial charge in [0, 0.05) is 6.04 Å². The van der Waals surface area contributed by atoms with Crippen LogP contribution < -0.4 is 5.32 Å². The number of hydrogen-bond donors (Lipinski definition) is 2. The second-order valence-electron chi connectivity index (χ2n) is 4.79. The SMILES string of the molecule is O=C(NC1CCC(O)CC1)C(Cl)c1ccccc1. The largest absolute Gasteiger partial charge is 0.393 e. The van der Waals surface area contributed by atoms with E-state index in [9.17, 15) is 9.90 Å². The molecule has 1 fully saturated rings. The van der Waals surface area contributed by atoms with Crippen molar-refractivity contribution in [3.05, 3.63) is 35.9 Å². The van der Waals surface area contributed by atoms with Crippen molar-refractivity contribution in [3.63, 3.8) is 0 Å². The summed E-state index contributed by atoms with van der Waals surface area (Å²) in [4.78, 5) is 12.0. The molecule has 2 N–H and O–H groups in total. The first-order valence-corrected chi connectivity index (χ1v) is 6.78. The first-order valence-electron chi connectivity index (χ1n) is 6.34. The summed E-state index contributed by atoms with van der Waals surface area (Å²) in [7, 11) is 0. The van der Waals surface area contributed by atoms with Crippen LogP contribution in [0.4, 0.5) is 0 Å². The number of hydrogen-bond acceptors (Lipinski definition) is 2. The monoisotopic (exact) mass is 267 g/mol. The van der Waals surface area contributed by atoms with E-state index in [0.717, 1.165) is 31.2 Å². The number of halogens is 1. The number of nitrogens with one attached hydrogen (secondary N) is 1. The number of benzene rings is 1. The Labute approximate surface area is 112 Å². The average molecular weight is 268 g/mol. The van der Waals surface area contributed by atoms with Gasteiger partial charge in [-0.15, -0.1) is 11.6 Å². The number of aliphatic hydroxyl groups is 1. The molecule has 1 atom stereocenters. The molecule has 1 aliphatic rings. The van der Waals surface area contributed by atoms with E-state index in [-0.39, 0.29) is 18.1 Å². The third-order valence-corrected chi connectivity index (χ3v) is 3.82. The Morgan fingerprint density at radius 3 is 2.44 bits per heavy atom. The fourth-order valence-electron chi connectivity index (χ4n) is 2.27. The quantitative estimate of drug-likeness (QED) is 0.826. The van der Waals surface area contributed by atoms with Crippen LogP contribution in [0.5, 0.6) is 0 Å². The van der Waals surface area contributed by atoms with E-state index in [0.29, 0.717) is 0 Å². The topological polar surface area (TPSA) is 49.3 Å². The molecular weight excluding hydrogens is 250 g/mol. The molecule has 1 aromatic carbocycles. The normalized spacial score (nSPS) is 25.4. The highest BCUT2D eigenvalue weighted by atomic mass is 35.5. The Morgan fingerprint density at radius 1 is 1.22 bits per heavy atom. The molecule has 4 heteroatoms. The lowest BCUT2D eigenvalue weighted by Gasteiger charge is -2.27. The molecule has 0 bridgehead atoms. The average Bonchev–Trinajstić information content (AvgIpc) is 2.41. The maximum absolute atomic E-state index is 12.0. The molecule has 0 radical (unpaired) electrons. The van der Waals surface area contributed by atoms with Crippen molar-refractivity contribution in [1.82, 2.24) is 5.32 Å². The molecule has 0 spiro atoms. The van der Waals surface area contributed by atoms with Gasteiger partial charge in [-0.1, -0.05) is 30.3 Å². The molecule has 98 valence electrons. The number of carbonyl (C=O) groups is 1. The molecule has 3 nitrogen and oxygen atoms in total. The fourth-order valence-corrected chi connectivity index (χ4v) is 2.48. The molecule has 1 aromatic rings. The minimum atomic E-state index is -0.641. The Kier molecular flexibility index (Phi) is 4.61. The van der Waals surface area contributed by atoms with Gasteiger partial charge in [0.1, 0.15) is 5.38 Å². The minimum Gasteiger partial charge on any atom is -0.393 e. The zero-order valence-electron chi connectivity index (χ0n) is 10.2. The third-order valence-electron chi connectivity index (χ3n) is 3.37. The van der Waals surface area contributed by atoms with E-state index < -0.39 is 5.38 Å². The summed E-state index contributed by atoms with van der Waals surface area (Å²) in [5.74, 6) is -0.149. The zero-order valence-corrected chi connectivity index (χ0v) is 10.9. The summed E-state index contributed by atoms with van der Waals surface area (Å²) in [5, 5.41) is 11.7. The molecular formula is C14H18ClNO2. The second kappa shape index (κ2) is 6.21. The predicted octanol–water partition coefficient (Wildman–Crippen LogP) is 2.39. The van der Waals surface area contributed by atoms with E-state index in [2.05, 4.69) is 5.32 Å². The Hall–Kier alpha value is -1.06. The zero-order chi connectivity index (χ0) is 13.0. The van der Waals surface area contributed by atoms with Crippen molar-refractivity contribution >= 4 is 17.5 Å². The summed E-state index contributed by atoms with van der Waals surface area (Å²) in [5.41, 5.74) is 0.813. The molecule has 2 rings (SSSR count). The maximum atomic E-state index is 12.0. The molecule has 0 saturated heterocycles. The number of aliphatic hydroxyl groups excluding tert-OH is 1. The van der Waals surface area contributed by atoms with Gasteiger partial charge in [0.15, 0.2) is 0 Å². The van der Waals surface area contributed by atoms with Gasteiger partial charge in [-0.05, 0) is 31.2 Å². The van der Waals surface area contributed by atoms with E-state index in [4.69, 9.17) is 11.6 Å². The predicted molar refractivity (Wildman–Crippen MR) is 71.4 cm³/mol. The Morgan fingerprint density at radius 2 is 1.83 bits per heavy atom. The van der Waals surface area contributed by atoms with Crippen LogP contribution in [0.15, 0.2) is 30.3 Å². The number of carbonyl (C=O) groups excluding carboxylic acids is 1. The van der Waals surface area contributed by atoms with Gasteiger partial charge in [0.05, 0.1) is 6.10 Å². The van der Waals surface area contributed by atoms with Crippen molar-refractivity contribution in [1.29, 1.82) is 0 Å². The first kappa shape index (κ1) is 13.4. The summed E-state index contributed by atoms with van der Waals surface area (Å²) in [6.45, 7) is 0. The van der Waals surface area contributed by atoms with Crippen LogP contribution >= 0.6 is 11.6 Å². The van der Waals surface area contributed by atoms with Crippen LogP contribution in [0, 0.1) is 0 Å². The lowest BCUT2D eigenvalue weighted by molar-refractivity contribution is -0.121. The van der Waals surface area contributed by atoms with Gasteiger partial charge >= 0.3 is 0 Å².